The van der Waals surface area contributed by atoms with Crippen LogP contribution in [0.4, 0.5) is 0 Å². The van der Waals surface area contributed by atoms with Gasteiger partial charge in [-0.3, -0.25) is 4.90 Å². The predicted octanol–water partition coefficient (Wildman–Crippen LogP) is 2.29. The van der Waals surface area contributed by atoms with Crippen LogP contribution in [-0.2, 0) is 10.3 Å². The van der Waals surface area contributed by atoms with E-state index in [9.17, 15) is 0 Å². The first kappa shape index (κ1) is 14.5. The van der Waals surface area contributed by atoms with Crippen molar-refractivity contribution in [1.82, 2.24) is 4.90 Å². The van der Waals surface area contributed by atoms with Gasteiger partial charge in [0, 0.05) is 33.2 Å². The zero-order chi connectivity index (χ0) is 14.4. The van der Waals surface area contributed by atoms with E-state index in [-0.39, 0.29) is 11.5 Å². The minimum atomic E-state index is -0.240. The second-order valence-corrected chi connectivity index (χ2v) is 5.26. The Balaban J connectivity index is 1.92. The van der Waals surface area contributed by atoms with Crippen molar-refractivity contribution < 1.29 is 4.74 Å². The van der Waals surface area contributed by atoms with Gasteiger partial charge in [0.15, 0.2) is 0 Å². The number of ether oxygens (including phenoxy) is 1. The van der Waals surface area contributed by atoms with Gasteiger partial charge in [0.05, 0.1) is 18.1 Å². The Morgan fingerprint density at radius 2 is 2.00 bits per heavy atom. The normalized spacial score (nSPS) is 18.6. The van der Waals surface area contributed by atoms with Gasteiger partial charge in [0.25, 0.3) is 0 Å². The zero-order valence-electron chi connectivity index (χ0n) is 11.7. The fourth-order valence-corrected chi connectivity index (χ4v) is 2.72. The SMILES string of the molecule is COC1(c2ccccc2)CN(C[C@H](C#N)CCC#N)C1. The van der Waals surface area contributed by atoms with Crippen molar-refractivity contribution in [3.8, 4) is 12.1 Å². The van der Waals surface area contributed by atoms with Crippen LogP contribution in [0.3, 0.4) is 0 Å². The van der Waals surface area contributed by atoms with E-state index >= 15 is 0 Å². The molecule has 2 rings (SSSR count). The molecule has 0 saturated carbocycles. The summed E-state index contributed by atoms with van der Waals surface area (Å²) in [5.41, 5.74) is 0.945. The predicted molar refractivity (Wildman–Crippen MR) is 75.5 cm³/mol. The first-order valence-electron chi connectivity index (χ1n) is 6.83. The van der Waals surface area contributed by atoms with Crippen LogP contribution < -0.4 is 0 Å². The third-order valence-electron chi connectivity index (χ3n) is 3.91. The number of benzene rings is 1. The van der Waals surface area contributed by atoms with E-state index in [1.807, 2.05) is 18.2 Å². The molecule has 0 N–H and O–H groups in total. The number of hydrogen-bond acceptors (Lipinski definition) is 4. The Morgan fingerprint density at radius 3 is 2.55 bits per heavy atom. The van der Waals surface area contributed by atoms with Crippen molar-refractivity contribution in [2.24, 2.45) is 5.92 Å². The van der Waals surface area contributed by atoms with E-state index in [1.54, 1.807) is 7.11 Å². The van der Waals surface area contributed by atoms with Crippen molar-refractivity contribution in [2.75, 3.05) is 26.7 Å². The molecule has 1 aromatic carbocycles. The van der Waals surface area contributed by atoms with Crippen molar-refractivity contribution in [2.45, 2.75) is 18.4 Å². The third kappa shape index (κ3) is 2.99. The summed E-state index contributed by atoms with van der Waals surface area (Å²) >= 11 is 0. The summed E-state index contributed by atoms with van der Waals surface area (Å²) in [7, 11) is 1.74. The molecule has 1 saturated heterocycles. The van der Waals surface area contributed by atoms with E-state index < -0.39 is 0 Å². The number of nitriles is 2. The lowest BCUT2D eigenvalue weighted by Gasteiger charge is -2.50. The molecule has 0 amide bonds. The van der Waals surface area contributed by atoms with Gasteiger partial charge in [0.2, 0.25) is 0 Å². The average molecular weight is 269 g/mol. The van der Waals surface area contributed by atoms with Gasteiger partial charge in [-0.05, 0) is 12.0 Å². The van der Waals surface area contributed by atoms with Crippen molar-refractivity contribution in [3.05, 3.63) is 35.9 Å². The molecule has 0 spiro atoms. The lowest BCUT2D eigenvalue weighted by Crippen LogP contribution is -2.61. The summed E-state index contributed by atoms with van der Waals surface area (Å²) in [6.45, 7) is 2.33. The summed E-state index contributed by atoms with van der Waals surface area (Å²) in [6.07, 6.45) is 1.09. The van der Waals surface area contributed by atoms with Crippen molar-refractivity contribution in [3.63, 3.8) is 0 Å². The smallest absolute Gasteiger partial charge is 0.118 e. The van der Waals surface area contributed by atoms with E-state index in [1.165, 1.54) is 5.56 Å². The fourth-order valence-electron chi connectivity index (χ4n) is 2.72. The first-order valence-corrected chi connectivity index (χ1v) is 6.83. The molecule has 1 aliphatic heterocycles. The lowest BCUT2D eigenvalue weighted by molar-refractivity contribution is -0.133. The number of hydrogen-bond donors (Lipinski definition) is 0. The average Bonchev–Trinajstić information content (AvgIpc) is 2.46. The molecule has 1 fully saturated rings. The quantitative estimate of drug-likeness (QED) is 0.795. The summed E-state index contributed by atoms with van der Waals surface area (Å²) in [5, 5.41) is 17.7. The Hall–Kier alpha value is -1.88. The number of nitrogens with zero attached hydrogens (tertiary/aromatic N) is 3. The van der Waals surface area contributed by atoms with Gasteiger partial charge >= 0.3 is 0 Å². The van der Waals surface area contributed by atoms with Crippen LogP contribution >= 0.6 is 0 Å². The molecule has 4 nitrogen and oxygen atoms in total. The maximum Gasteiger partial charge on any atom is 0.118 e. The van der Waals surface area contributed by atoms with Gasteiger partial charge in [0.1, 0.15) is 5.60 Å². The Kier molecular flexibility index (Phi) is 4.74. The lowest BCUT2D eigenvalue weighted by atomic mass is 9.85. The molecule has 1 heterocycles. The number of rotatable bonds is 6. The van der Waals surface area contributed by atoms with Crippen LogP contribution in [-0.4, -0.2) is 31.6 Å². The largest absolute Gasteiger partial charge is 0.371 e. The van der Waals surface area contributed by atoms with Crippen molar-refractivity contribution in [1.29, 1.82) is 10.5 Å². The highest BCUT2D eigenvalue weighted by Crippen LogP contribution is 2.35. The molecule has 0 radical (unpaired) electrons. The maximum absolute atomic E-state index is 9.11. The molecule has 0 aliphatic carbocycles. The minimum absolute atomic E-state index is 0.0692. The van der Waals surface area contributed by atoms with E-state index in [0.29, 0.717) is 12.8 Å². The van der Waals surface area contributed by atoms with Gasteiger partial charge in [-0.15, -0.1) is 0 Å². The molecule has 0 unspecified atom stereocenters. The molecule has 4 heteroatoms. The summed E-state index contributed by atoms with van der Waals surface area (Å²) < 4.78 is 5.71. The topological polar surface area (TPSA) is 60.0 Å². The molecule has 1 aromatic rings. The van der Waals surface area contributed by atoms with Gasteiger partial charge < -0.3 is 4.74 Å². The Labute approximate surface area is 120 Å². The molecule has 104 valence electrons. The van der Waals surface area contributed by atoms with E-state index in [2.05, 4.69) is 29.2 Å². The molecule has 20 heavy (non-hydrogen) atoms. The fraction of sp³-hybridized carbons (Fsp3) is 0.500. The van der Waals surface area contributed by atoms with Crippen LogP contribution in [0.2, 0.25) is 0 Å². The van der Waals surface area contributed by atoms with Gasteiger partial charge in [-0.1, -0.05) is 30.3 Å². The highest BCUT2D eigenvalue weighted by molar-refractivity contribution is 5.26. The second-order valence-electron chi connectivity index (χ2n) is 5.26. The minimum Gasteiger partial charge on any atom is -0.371 e. The number of methoxy groups -OCH3 is 1. The summed E-state index contributed by atoms with van der Waals surface area (Å²) in [4.78, 5) is 2.22. The van der Waals surface area contributed by atoms with Crippen LogP contribution in [0.5, 0.6) is 0 Å². The Morgan fingerprint density at radius 1 is 1.30 bits per heavy atom. The van der Waals surface area contributed by atoms with Crippen LogP contribution in [0.1, 0.15) is 18.4 Å². The maximum atomic E-state index is 9.11. The first-order chi connectivity index (χ1) is 9.74. The van der Waals surface area contributed by atoms with Gasteiger partial charge in [-0.25, -0.2) is 0 Å². The van der Waals surface area contributed by atoms with Crippen LogP contribution in [0.25, 0.3) is 0 Å². The highest BCUT2D eigenvalue weighted by Gasteiger charge is 2.44. The zero-order valence-corrected chi connectivity index (χ0v) is 11.7. The molecular weight excluding hydrogens is 250 g/mol. The third-order valence-corrected chi connectivity index (χ3v) is 3.91. The monoisotopic (exact) mass is 269 g/mol. The van der Waals surface area contributed by atoms with Gasteiger partial charge in [-0.2, -0.15) is 10.5 Å². The van der Waals surface area contributed by atoms with E-state index in [0.717, 1.165) is 19.6 Å². The van der Waals surface area contributed by atoms with Crippen molar-refractivity contribution >= 4 is 0 Å². The van der Waals surface area contributed by atoms with Crippen LogP contribution in [0, 0.1) is 28.6 Å². The Bertz CT molecular complexity index is 509. The molecule has 1 atom stereocenters. The van der Waals surface area contributed by atoms with E-state index in [4.69, 9.17) is 15.3 Å². The van der Waals surface area contributed by atoms with Crippen LogP contribution in [0.15, 0.2) is 30.3 Å². The standard InChI is InChI=1S/C16H19N3O/c1-20-16(15-7-3-2-4-8-15)12-19(13-16)11-14(10-18)6-5-9-17/h2-4,7-8,14H,5-6,11-13H2,1H3/t14-/m0/s1. The molecule has 0 bridgehead atoms. The second kappa shape index (κ2) is 6.52. The molecule has 0 aromatic heterocycles. The number of likely N-dealkylation sites (tertiary alicyclic amines) is 1. The summed E-state index contributed by atoms with van der Waals surface area (Å²) in [5.74, 6) is -0.0692. The molecule has 1 aliphatic rings. The highest BCUT2D eigenvalue weighted by atomic mass is 16.5. The molecular formula is C16H19N3O. The summed E-state index contributed by atoms with van der Waals surface area (Å²) in [6, 6.07) is 14.6.